The number of nitrogens with one attached hydrogen (secondary N) is 1. The van der Waals surface area contributed by atoms with Gasteiger partial charge in [-0.25, -0.2) is 8.42 Å². The molecule has 146 valence electrons. The molecule has 0 fully saturated rings. The van der Waals surface area contributed by atoms with Crippen molar-refractivity contribution in [2.75, 3.05) is 5.32 Å². The number of furan rings is 1. The number of sulfone groups is 1. The fourth-order valence-electron chi connectivity index (χ4n) is 2.28. The van der Waals surface area contributed by atoms with Crippen LogP contribution in [0, 0.1) is 0 Å². The highest BCUT2D eigenvalue weighted by Crippen LogP contribution is 2.21. The smallest absolute Gasteiger partial charge is 0.341 e. The zero-order chi connectivity index (χ0) is 20.1. The summed E-state index contributed by atoms with van der Waals surface area (Å²) in [6.07, 6.45) is 1.40. The van der Waals surface area contributed by atoms with E-state index in [-0.39, 0.29) is 18.3 Å². The highest BCUT2D eigenvalue weighted by atomic mass is 32.2. The standard InChI is InChI=1S/C19H15F2NO5S/c20-19(21)28(24,25)16-9-3-13(4-10-16)12-27-15-7-5-14(6-8-15)22-18(23)17-2-1-11-26-17/h1-11,19H,12H2,(H,22,23). The molecule has 0 bridgehead atoms. The predicted molar refractivity (Wildman–Crippen MR) is 97.1 cm³/mol. The van der Waals surface area contributed by atoms with Gasteiger partial charge in [0.1, 0.15) is 12.4 Å². The Morgan fingerprint density at radius 1 is 1.04 bits per heavy atom. The van der Waals surface area contributed by atoms with Gasteiger partial charge in [0.25, 0.3) is 5.91 Å². The van der Waals surface area contributed by atoms with Gasteiger partial charge in [-0.2, -0.15) is 8.78 Å². The number of carbonyl (C=O) groups is 1. The average molecular weight is 407 g/mol. The molecule has 28 heavy (non-hydrogen) atoms. The molecular formula is C19H15F2NO5S. The normalized spacial score (nSPS) is 11.4. The third-order valence-corrected chi connectivity index (χ3v) is 5.15. The number of alkyl halides is 2. The number of hydrogen-bond acceptors (Lipinski definition) is 5. The number of rotatable bonds is 7. The van der Waals surface area contributed by atoms with E-state index in [1.807, 2.05) is 0 Å². The predicted octanol–water partition coefficient (Wildman–Crippen LogP) is 4.11. The van der Waals surface area contributed by atoms with E-state index in [9.17, 15) is 22.0 Å². The quantitative estimate of drug-likeness (QED) is 0.637. The Kier molecular flexibility index (Phi) is 5.74. The number of amides is 1. The Morgan fingerprint density at radius 3 is 2.29 bits per heavy atom. The highest BCUT2D eigenvalue weighted by Gasteiger charge is 2.26. The summed E-state index contributed by atoms with van der Waals surface area (Å²) in [5.74, 6) is -3.13. The molecule has 9 heteroatoms. The van der Waals surface area contributed by atoms with Crippen LogP contribution in [0.15, 0.2) is 76.2 Å². The summed E-state index contributed by atoms with van der Waals surface area (Å²) in [5.41, 5.74) is 1.17. The van der Waals surface area contributed by atoms with Crippen molar-refractivity contribution in [2.45, 2.75) is 17.3 Å². The van der Waals surface area contributed by atoms with Crippen LogP contribution in [0.25, 0.3) is 0 Å². The third-order valence-electron chi connectivity index (χ3n) is 3.75. The molecule has 0 aliphatic heterocycles. The van der Waals surface area contributed by atoms with Crippen LogP contribution in [0.5, 0.6) is 5.75 Å². The van der Waals surface area contributed by atoms with E-state index in [0.29, 0.717) is 17.0 Å². The van der Waals surface area contributed by atoms with Gasteiger partial charge in [-0.05, 0) is 54.1 Å². The van der Waals surface area contributed by atoms with Gasteiger partial charge in [-0.1, -0.05) is 12.1 Å². The summed E-state index contributed by atoms with van der Waals surface area (Å²) >= 11 is 0. The van der Waals surface area contributed by atoms with Crippen molar-refractivity contribution in [1.82, 2.24) is 0 Å². The van der Waals surface area contributed by atoms with E-state index in [4.69, 9.17) is 9.15 Å². The second-order valence-electron chi connectivity index (χ2n) is 5.69. The fourth-order valence-corrected chi connectivity index (χ4v) is 3.00. The van der Waals surface area contributed by atoms with Gasteiger partial charge >= 0.3 is 5.76 Å². The molecule has 0 spiro atoms. The molecule has 1 N–H and O–H groups in total. The Bertz CT molecular complexity index is 1030. The number of anilines is 1. The molecule has 3 aromatic rings. The highest BCUT2D eigenvalue weighted by molar-refractivity contribution is 7.91. The van der Waals surface area contributed by atoms with Crippen molar-refractivity contribution in [2.24, 2.45) is 0 Å². The first-order chi connectivity index (χ1) is 13.4. The maximum atomic E-state index is 12.5. The third kappa shape index (κ3) is 4.55. The number of halogens is 2. The van der Waals surface area contributed by atoms with Crippen molar-refractivity contribution in [3.05, 3.63) is 78.3 Å². The van der Waals surface area contributed by atoms with Crippen LogP contribution in [0.2, 0.25) is 0 Å². The van der Waals surface area contributed by atoms with E-state index in [0.717, 1.165) is 12.1 Å². The van der Waals surface area contributed by atoms with Gasteiger partial charge in [0.15, 0.2) is 5.76 Å². The molecule has 0 aliphatic rings. The lowest BCUT2D eigenvalue weighted by molar-refractivity contribution is 0.0996. The molecule has 1 aromatic heterocycles. The first-order valence-electron chi connectivity index (χ1n) is 8.05. The Hall–Kier alpha value is -3.20. The summed E-state index contributed by atoms with van der Waals surface area (Å²) in [4.78, 5) is 11.4. The van der Waals surface area contributed by atoms with E-state index < -0.39 is 20.5 Å². The number of ether oxygens (including phenoxy) is 1. The lowest BCUT2D eigenvalue weighted by Crippen LogP contribution is -2.11. The molecule has 0 atom stereocenters. The van der Waals surface area contributed by atoms with Crippen LogP contribution >= 0.6 is 0 Å². The minimum absolute atomic E-state index is 0.118. The molecule has 0 saturated carbocycles. The largest absolute Gasteiger partial charge is 0.489 e. The van der Waals surface area contributed by atoms with E-state index in [1.165, 1.54) is 18.4 Å². The maximum absolute atomic E-state index is 12.5. The number of carbonyl (C=O) groups excluding carboxylic acids is 1. The minimum atomic E-state index is -4.61. The van der Waals surface area contributed by atoms with Gasteiger partial charge in [-0.3, -0.25) is 4.79 Å². The molecule has 2 aromatic carbocycles. The molecule has 0 aliphatic carbocycles. The van der Waals surface area contributed by atoms with Gasteiger partial charge in [0.05, 0.1) is 11.2 Å². The molecule has 6 nitrogen and oxygen atoms in total. The molecule has 1 amide bonds. The SMILES string of the molecule is O=C(Nc1ccc(OCc2ccc(S(=O)(=O)C(F)F)cc2)cc1)c1ccco1. The zero-order valence-corrected chi connectivity index (χ0v) is 15.2. The van der Waals surface area contributed by atoms with Gasteiger partial charge < -0.3 is 14.5 Å². The molecule has 1 heterocycles. The summed E-state index contributed by atoms with van der Waals surface area (Å²) in [7, 11) is -4.61. The van der Waals surface area contributed by atoms with E-state index in [2.05, 4.69) is 5.32 Å². The van der Waals surface area contributed by atoms with E-state index in [1.54, 1.807) is 36.4 Å². The number of hydrogen-bond donors (Lipinski definition) is 1. The average Bonchev–Trinajstić information content (AvgIpc) is 3.23. The minimum Gasteiger partial charge on any atom is -0.489 e. The fraction of sp³-hybridized carbons (Fsp3) is 0.105. The van der Waals surface area contributed by atoms with Crippen LogP contribution in [0.4, 0.5) is 14.5 Å². The Labute approximate surface area is 159 Å². The Morgan fingerprint density at radius 2 is 1.71 bits per heavy atom. The number of benzene rings is 2. The van der Waals surface area contributed by atoms with Crippen LogP contribution in [0.1, 0.15) is 16.1 Å². The maximum Gasteiger partial charge on any atom is 0.341 e. The summed E-state index contributed by atoms with van der Waals surface area (Å²) in [5, 5.41) is 2.67. The zero-order valence-electron chi connectivity index (χ0n) is 14.3. The van der Waals surface area contributed by atoms with Crippen LogP contribution in [0.3, 0.4) is 0 Å². The van der Waals surface area contributed by atoms with Crippen molar-refractivity contribution >= 4 is 21.4 Å². The molecule has 0 saturated heterocycles. The van der Waals surface area contributed by atoms with Crippen molar-refractivity contribution in [1.29, 1.82) is 0 Å². The first-order valence-corrected chi connectivity index (χ1v) is 9.59. The van der Waals surface area contributed by atoms with Crippen LogP contribution in [-0.2, 0) is 16.4 Å². The van der Waals surface area contributed by atoms with Gasteiger partial charge in [0, 0.05) is 5.69 Å². The first kappa shape index (κ1) is 19.6. The van der Waals surface area contributed by atoms with Crippen LogP contribution < -0.4 is 10.1 Å². The second kappa shape index (κ2) is 8.22. The lowest BCUT2D eigenvalue weighted by Gasteiger charge is -2.09. The van der Waals surface area contributed by atoms with Crippen molar-refractivity contribution in [3.8, 4) is 5.75 Å². The molecule has 0 radical (unpaired) electrons. The van der Waals surface area contributed by atoms with Crippen molar-refractivity contribution < 1.29 is 31.1 Å². The molecule has 3 rings (SSSR count). The van der Waals surface area contributed by atoms with Gasteiger partial charge in [-0.15, -0.1) is 0 Å². The van der Waals surface area contributed by atoms with E-state index >= 15 is 0 Å². The monoisotopic (exact) mass is 407 g/mol. The van der Waals surface area contributed by atoms with Gasteiger partial charge in [0.2, 0.25) is 9.84 Å². The summed E-state index contributed by atoms with van der Waals surface area (Å²) in [6.45, 7) is 0.118. The Balaban J connectivity index is 1.57. The summed E-state index contributed by atoms with van der Waals surface area (Å²) in [6, 6.07) is 14.8. The lowest BCUT2D eigenvalue weighted by atomic mass is 10.2. The summed E-state index contributed by atoms with van der Waals surface area (Å²) < 4.78 is 58.4. The molecular weight excluding hydrogens is 392 g/mol. The molecule has 0 unspecified atom stereocenters. The van der Waals surface area contributed by atoms with Crippen LogP contribution in [-0.4, -0.2) is 20.1 Å². The second-order valence-corrected chi connectivity index (χ2v) is 7.61. The van der Waals surface area contributed by atoms with Crippen molar-refractivity contribution in [3.63, 3.8) is 0 Å². The topological polar surface area (TPSA) is 85.6 Å².